The monoisotopic (exact) mass is 286 g/mol. The summed E-state index contributed by atoms with van der Waals surface area (Å²) in [7, 11) is 0. The number of hydrogen-bond acceptors (Lipinski definition) is 1. The Morgan fingerprint density at radius 3 is 2.44 bits per heavy atom. The van der Waals surface area contributed by atoms with Crippen molar-refractivity contribution in [2.24, 2.45) is 0 Å². The summed E-state index contributed by atoms with van der Waals surface area (Å²) in [6.45, 7) is 0. The molecule has 0 spiro atoms. The Kier molecular flexibility index (Phi) is 1.66. The van der Waals surface area contributed by atoms with Crippen LogP contribution in [0.4, 0.5) is 0 Å². The van der Waals surface area contributed by atoms with Crippen LogP contribution in [0, 0.1) is 0 Å². The van der Waals surface area contributed by atoms with Crippen LogP contribution >= 0.6 is 27.3 Å². The smallest absolute Gasteiger partial charge is 0.0711 e. The molecular weight excluding hydrogens is 280 g/mol. The Balaban J connectivity index is 2.28. The van der Waals surface area contributed by atoms with Crippen LogP contribution in [0.15, 0.2) is 46.3 Å². The molecule has 0 N–H and O–H groups in total. The lowest BCUT2D eigenvalue weighted by molar-refractivity contribution is 1.77. The fraction of sp³-hybridized carbons (Fsp3) is 0. The van der Waals surface area contributed by atoms with Gasteiger partial charge in [0.15, 0.2) is 0 Å². The molecule has 1 aromatic heterocycles. The van der Waals surface area contributed by atoms with Crippen LogP contribution in [0.1, 0.15) is 0 Å². The van der Waals surface area contributed by atoms with Crippen LogP contribution < -0.4 is 0 Å². The molecule has 1 heterocycles. The Labute approximate surface area is 106 Å². The first kappa shape index (κ1) is 8.97. The molecule has 0 fully saturated rings. The molecule has 16 heavy (non-hydrogen) atoms. The van der Waals surface area contributed by atoms with Crippen molar-refractivity contribution in [1.29, 1.82) is 0 Å². The number of benzene rings is 2. The summed E-state index contributed by atoms with van der Waals surface area (Å²) < 4.78 is 1.21. The topological polar surface area (TPSA) is 0 Å². The van der Waals surface area contributed by atoms with Crippen molar-refractivity contribution in [3.63, 3.8) is 0 Å². The summed E-state index contributed by atoms with van der Waals surface area (Å²) >= 11 is 5.40. The van der Waals surface area contributed by atoms with Crippen LogP contribution in [0.5, 0.6) is 0 Å². The normalized spacial score (nSPS) is 12.1. The van der Waals surface area contributed by atoms with E-state index in [1.165, 1.54) is 36.1 Å². The second-order valence-electron chi connectivity index (χ2n) is 4.00. The van der Waals surface area contributed by atoms with Crippen molar-refractivity contribution in [3.05, 3.63) is 46.3 Å². The third-order valence-corrected chi connectivity index (χ3v) is 4.81. The van der Waals surface area contributed by atoms with Gasteiger partial charge in [0.2, 0.25) is 0 Å². The van der Waals surface area contributed by atoms with Gasteiger partial charge in [-0.1, -0.05) is 36.4 Å². The van der Waals surface area contributed by atoms with Crippen molar-refractivity contribution in [2.75, 3.05) is 0 Å². The van der Waals surface area contributed by atoms with Crippen molar-refractivity contribution in [1.82, 2.24) is 0 Å². The van der Waals surface area contributed by atoms with Gasteiger partial charge in [-0.3, -0.25) is 0 Å². The van der Waals surface area contributed by atoms with E-state index in [9.17, 15) is 0 Å². The van der Waals surface area contributed by atoms with Crippen LogP contribution in [0.25, 0.3) is 32.3 Å². The van der Waals surface area contributed by atoms with Crippen LogP contribution in [-0.2, 0) is 0 Å². The van der Waals surface area contributed by atoms with Crippen molar-refractivity contribution >= 4 is 38.0 Å². The van der Waals surface area contributed by atoms with Gasteiger partial charge < -0.3 is 0 Å². The number of thiophene rings is 1. The van der Waals surface area contributed by atoms with Crippen molar-refractivity contribution in [2.45, 2.75) is 0 Å². The lowest BCUT2D eigenvalue weighted by Crippen LogP contribution is -1.74. The summed E-state index contributed by atoms with van der Waals surface area (Å²) in [6, 6.07) is 15.3. The average molecular weight is 287 g/mol. The van der Waals surface area contributed by atoms with E-state index in [1.807, 2.05) is 11.3 Å². The second kappa shape index (κ2) is 2.96. The van der Waals surface area contributed by atoms with Crippen LogP contribution in [0.3, 0.4) is 0 Å². The third-order valence-electron chi connectivity index (χ3n) is 3.14. The van der Waals surface area contributed by atoms with Gasteiger partial charge in [0, 0.05) is 16.0 Å². The predicted octanol–water partition coefficient (Wildman–Crippen LogP) is 5.31. The Morgan fingerprint density at radius 1 is 0.875 bits per heavy atom. The molecule has 0 nitrogen and oxygen atoms in total. The molecule has 2 heteroatoms. The second-order valence-corrected chi connectivity index (χ2v) is 6.43. The number of fused-ring (bicyclic) bond motifs is 3. The van der Waals surface area contributed by atoms with E-state index >= 15 is 0 Å². The Bertz CT molecular complexity index is 668. The van der Waals surface area contributed by atoms with E-state index in [4.69, 9.17) is 0 Å². The van der Waals surface area contributed by atoms with Crippen molar-refractivity contribution in [3.8, 4) is 21.6 Å². The molecule has 3 aromatic rings. The highest BCUT2D eigenvalue weighted by Gasteiger charge is 2.22. The molecule has 4 rings (SSSR count). The standard InChI is InChI=1S/C14H7BrS/c15-12-7-11-9-5-1-3-8-4-2-6-10(13(8)9)14(11)16-12/h1-7H. The van der Waals surface area contributed by atoms with Gasteiger partial charge in [0.05, 0.1) is 3.79 Å². The quantitative estimate of drug-likeness (QED) is 0.411. The molecule has 0 radical (unpaired) electrons. The molecule has 0 atom stereocenters. The summed E-state index contributed by atoms with van der Waals surface area (Å²) in [6.07, 6.45) is 0. The van der Waals surface area contributed by atoms with E-state index in [0.717, 1.165) is 0 Å². The Hall–Kier alpha value is -1.12. The zero-order valence-corrected chi connectivity index (χ0v) is 10.7. The van der Waals surface area contributed by atoms with Gasteiger partial charge in [0.1, 0.15) is 0 Å². The molecular formula is C14H7BrS. The fourth-order valence-electron chi connectivity index (χ4n) is 2.52. The molecule has 0 saturated carbocycles. The van der Waals surface area contributed by atoms with Gasteiger partial charge >= 0.3 is 0 Å². The summed E-state index contributed by atoms with van der Waals surface area (Å²) in [5, 5.41) is 2.76. The lowest BCUT2D eigenvalue weighted by Gasteiger charge is -2.01. The lowest BCUT2D eigenvalue weighted by atomic mass is 10.0. The molecule has 76 valence electrons. The molecule has 0 saturated heterocycles. The predicted molar refractivity (Wildman–Crippen MR) is 74.0 cm³/mol. The zero-order valence-electron chi connectivity index (χ0n) is 8.33. The van der Waals surface area contributed by atoms with Gasteiger partial charge in [-0.25, -0.2) is 0 Å². The van der Waals surface area contributed by atoms with E-state index < -0.39 is 0 Å². The maximum absolute atomic E-state index is 3.58. The van der Waals surface area contributed by atoms with E-state index in [0.29, 0.717) is 0 Å². The zero-order chi connectivity index (χ0) is 10.7. The first-order valence-electron chi connectivity index (χ1n) is 5.16. The molecule has 0 amide bonds. The largest absolute Gasteiger partial charge is 0.128 e. The molecule has 1 aliphatic rings. The molecule has 0 bridgehead atoms. The third kappa shape index (κ3) is 0.989. The maximum Gasteiger partial charge on any atom is 0.0711 e. The molecule has 1 aliphatic carbocycles. The van der Waals surface area contributed by atoms with Crippen LogP contribution in [0.2, 0.25) is 0 Å². The van der Waals surface area contributed by atoms with E-state index in [-0.39, 0.29) is 0 Å². The highest BCUT2D eigenvalue weighted by Crippen LogP contribution is 2.51. The summed E-state index contributed by atoms with van der Waals surface area (Å²) in [4.78, 5) is 1.40. The number of rotatable bonds is 0. The van der Waals surface area contributed by atoms with Crippen LogP contribution in [-0.4, -0.2) is 0 Å². The molecule has 0 aliphatic heterocycles. The summed E-state index contributed by atoms with van der Waals surface area (Å²) in [5.74, 6) is 0. The fourth-order valence-corrected chi connectivity index (χ4v) is 4.16. The minimum absolute atomic E-state index is 1.21. The average Bonchev–Trinajstić information content (AvgIpc) is 2.80. The summed E-state index contributed by atoms with van der Waals surface area (Å²) in [5.41, 5.74) is 4.15. The van der Waals surface area contributed by atoms with Gasteiger partial charge in [-0.15, -0.1) is 11.3 Å². The number of hydrogen-bond donors (Lipinski definition) is 0. The number of halogens is 1. The van der Waals surface area contributed by atoms with Crippen molar-refractivity contribution < 1.29 is 0 Å². The Morgan fingerprint density at radius 2 is 1.62 bits per heavy atom. The minimum atomic E-state index is 1.21. The van der Waals surface area contributed by atoms with E-state index in [1.54, 1.807) is 0 Å². The highest BCUT2D eigenvalue weighted by molar-refractivity contribution is 9.11. The first-order valence-corrected chi connectivity index (χ1v) is 6.77. The van der Waals surface area contributed by atoms with Gasteiger partial charge in [-0.05, 0) is 38.3 Å². The van der Waals surface area contributed by atoms with Gasteiger partial charge in [-0.2, -0.15) is 0 Å². The highest BCUT2D eigenvalue weighted by atomic mass is 79.9. The molecule has 2 aromatic carbocycles. The van der Waals surface area contributed by atoms with E-state index in [2.05, 4.69) is 58.4 Å². The molecule has 0 unspecified atom stereocenters. The first-order chi connectivity index (χ1) is 7.84. The SMILES string of the molecule is Brc1cc2c(s1)-c1cccc3cccc-2c13. The maximum atomic E-state index is 3.58. The minimum Gasteiger partial charge on any atom is -0.128 e. The van der Waals surface area contributed by atoms with Gasteiger partial charge in [0.25, 0.3) is 0 Å².